The number of non-ortho nitro benzene ring substituents is 2. The van der Waals surface area contributed by atoms with Crippen molar-refractivity contribution in [3.63, 3.8) is 0 Å². The number of nitrogens with zero attached hydrogens (tertiary/aromatic N) is 5. The largest absolute Gasteiger partial charge is 0.481 e. The molecular weight excluding hydrogens is 674 g/mol. The van der Waals surface area contributed by atoms with E-state index in [-0.39, 0.29) is 37.1 Å². The Morgan fingerprint density at radius 2 is 1.14 bits per heavy atom. The highest BCUT2D eigenvalue weighted by atomic mass is 16.6. The minimum atomic E-state index is -1.96. The number of carboxylic acids is 3. The number of barbiturate groups is 1. The summed E-state index contributed by atoms with van der Waals surface area (Å²) in [5, 5.41) is 51.4. The Labute approximate surface area is 291 Å². The van der Waals surface area contributed by atoms with E-state index in [0.717, 1.165) is 0 Å². The monoisotopic (exact) mass is 713 g/mol. The number of imide groups is 2. The van der Waals surface area contributed by atoms with Crippen LogP contribution in [-0.2, 0) is 37.1 Å². The molecule has 2 aromatic carbocycles. The summed E-state index contributed by atoms with van der Waals surface area (Å²) in [6, 6.07) is 6.51. The molecular formula is C33H39N5O13. The molecule has 18 heteroatoms. The Morgan fingerprint density at radius 1 is 0.725 bits per heavy atom. The van der Waals surface area contributed by atoms with Gasteiger partial charge in [0, 0.05) is 43.8 Å². The Bertz CT molecular complexity index is 1600. The third-order valence-corrected chi connectivity index (χ3v) is 9.01. The first kappa shape index (κ1) is 39.7. The Kier molecular flexibility index (Phi) is 13.4. The molecule has 3 rings (SSSR count). The molecule has 18 nitrogen and oxygen atoms in total. The molecule has 0 saturated carbocycles. The van der Waals surface area contributed by atoms with Gasteiger partial charge in [-0.3, -0.25) is 39.5 Å². The summed E-state index contributed by atoms with van der Waals surface area (Å²) in [6.07, 6.45) is -1.57. The lowest BCUT2D eigenvalue weighted by molar-refractivity contribution is -0.385. The van der Waals surface area contributed by atoms with Gasteiger partial charge in [0.15, 0.2) is 0 Å². The van der Waals surface area contributed by atoms with Gasteiger partial charge in [0.1, 0.15) is 17.5 Å². The maximum atomic E-state index is 13.8. The number of unbranched alkanes of at least 4 members (excludes halogenated alkanes) is 1. The van der Waals surface area contributed by atoms with E-state index in [2.05, 4.69) is 0 Å². The number of carbonyl (C=O) groups is 6. The van der Waals surface area contributed by atoms with Crippen LogP contribution < -0.4 is 0 Å². The lowest BCUT2D eigenvalue weighted by atomic mass is 9.77. The first-order chi connectivity index (χ1) is 24.1. The van der Waals surface area contributed by atoms with Crippen LogP contribution in [0.3, 0.4) is 0 Å². The number of nitro groups is 2. The van der Waals surface area contributed by atoms with Gasteiger partial charge in [-0.2, -0.15) is 0 Å². The zero-order valence-electron chi connectivity index (χ0n) is 28.0. The van der Waals surface area contributed by atoms with Gasteiger partial charge >= 0.3 is 23.9 Å². The number of carboxylic acid groups (broad SMARTS) is 3. The Hall–Kier alpha value is -5.78. The number of benzene rings is 2. The number of rotatable bonds is 20. The molecule has 1 aliphatic rings. The number of amides is 4. The lowest BCUT2D eigenvalue weighted by Gasteiger charge is -2.46. The quantitative estimate of drug-likeness (QED) is 0.0757. The molecule has 4 amide bonds. The fraction of sp³-hybridized carbons (Fsp3) is 0.455. The van der Waals surface area contributed by atoms with Gasteiger partial charge in [-0.25, -0.2) is 24.2 Å². The first-order valence-corrected chi connectivity index (χ1v) is 16.2. The second kappa shape index (κ2) is 17.2. The fourth-order valence-corrected chi connectivity index (χ4v) is 6.08. The molecule has 1 heterocycles. The molecule has 1 fully saturated rings. The topological polar surface area (TPSA) is 259 Å². The average Bonchev–Trinajstić information content (AvgIpc) is 3.07. The highest BCUT2D eigenvalue weighted by molar-refractivity contribution is 6.21. The van der Waals surface area contributed by atoms with Crippen LogP contribution in [0.5, 0.6) is 0 Å². The summed E-state index contributed by atoms with van der Waals surface area (Å²) < 4.78 is 0. The number of hydrogen-bond donors (Lipinski definition) is 3. The number of carbonyl (C=O) groups excluding carboxylic acids is 3. The SMILES string of the molecule is CCC1(CC)C(=O)N([C@@H](CCCCN(Cc2ccc([N+](=O)[O-])cc2)Cc2ccc([N+](=O)[O-])cc2)C(=O)O)C(=O)N([C@@H](CCC(=O)O)C(=O)O)C1=O. The van der Waals surface area contributed by atoms with E-state index in [9.17, 15) is 59.2 Å². The second-order valence-electron chi connectivity index (χ2n) is 12.1. The smallest absolute Gasteiger partial charge is 0.335 e. The highest BCUT2D eigenvalue weighted by Crippen LogP contribution is 2.39. The standard InChI is InChI=1S/C33H39N5O13/c1-3-33(4-2)30(45)35(32(47)36(31(33)46)26(29(43)44)16-17-27(39)40)25(28(41)42)7-5-6-18-34(19-21-8-12-23(13-9-21)37(48)49)20-22-10-14-24(15-11-22)38(50)51/h8-15,25-26H,3-7,16-20H2,1-2H3,(H,39,40)(H,41,42)(H,43,44)/t25-,26-/m0/s1. The molecule has 0 spiro atoms. The maximum absolute atomic E-state index is 13.8. The molecule has 2 aromatic rings. The van der Waals surface area contributed by atoms with E-state index in [1.165, 1.54) is 38.1 Å². The van der Waals surface area contributed by atoms with Crippen LogP contribution in [0.15, 0.2) is 48.5 Å². The number of urea groups is 1. The first-order valence-electron chi connectivity index (χ1n) is 16.2. The highest BCUT2D eigenvalue weighted by Gasteiger charge is 2.59. The summed E-state index contributed by atoms with van der Waals surface area (Å²) in [6.45, 7) is 3.84. The second-order valence-corrected chi connectivity index (χ2v) is 12.1. The molecule has 3 N–H and O–H groups in total. The molecule has 0 aromatic heterocycles. The Morgan fingerprint density at radius 3 is 1.49 bits per heavy atom. The zero-order valence-corrected chi connectivity index (χ0v) is 28.0. The summed E-state index contributed by atoms with van der Waals surface area (Å²) in [5.74, 6) is -6.86. The van der Waals surface area contributed by atoms with Gasteiger partial charge in [-0.05, 0) is 56.2 Å². The van der Waals surface area contributed by atoms with E-state index in [1.807, 2.05) is 4.90 Å². The normalized spacial score (nSPS) is 15.5. The van der Waals surface area contributed by atoms with E-state index in [4.69, 9.17) is 5.11 Å². The molecule has 274 valence electrons. The lowest BCUT2D eigenvalue weighted by Crippen LogP contribution is -2.70. The van der Waals surface area contributed by atoms with Crippen molar-refractivity contribution in [1.29, 1.82) is 0 Å². The van der Waals surface area contributed by atoms with Gasteiger partial charge in [-0.15, -0.1) is 0 Å². The minimum absolute atomic E-state index is 0.103. The molecule has 0 bridgehead atoms. The van der Waals surface area contributed by atoms with Crippen molar-refractivity contribution in [3.05, 3.63) is 79.9 Å². The molecule has 1 saturated heterocycles. The van der Waals surface area contributed by atoms with Crippen LogP contribution in [0.2, 0.25) is 0 Å². The predicted octanol–water partition coefficient (Wildman–Crippen LogP) is 4.04. The maximum Gasteiger partial charge on any atom is 0.335 e. The van der Waals surface area contributed by atoms with Crippen molar-refractivity contribution in [3.8, 4) is 0 Å². The van der Waals surface area contributed by atoms with Crippen molar-refractivity contribution in [1.82, 2.24) is 14.7 Å². The number of aliphatic carboxylic acids is 3. The molecule has 0 unspecified atom stereocenters. The average molecular weight is 714 g/mol. The summed E-state index contributed by atoms with van der Waals surface area (Å²) in [7, 11) is 0. The van der Waals surface area contributed by atoms with E-state index in [1.54, 1.807) is 24.3 Å². The van der Waals surface area contributed by atoms with Crippen LogP contribution in [0, 0.1) is 25.6 Å². The number of nitro benzene ring substituents is 2. The van der Waals surface area contributed by atoms with Gasteiger partial charge in [-0.1, -0.05) is 38.1 Å². The van der Waals surface area contributed by atoms with E-state index >= 15 is 0 Å². The van der Waals surface area contributed by atoms with Gasteiger partial charge in [0.25, 0.3) is 11.4 Å². The van der Waals surface area contributed by atoms with Crippen molar-refractivity contribution in [2.24, 2.45) is 5.41 Å². The van der Waals surface area contributed by atoms with Gasteiger partial charge in [0.2, 0.25) is 11.8 Å². The van der Waals surface area contributed by atoms with Gasteiger partial charge in [0.05, 0.1) is 9.85 Å². The minimum Gasteiger partial charge on any atom is -0.481 e. The van der Waals surface area contributed by atoms with E-state index in [0.29, 0.717) is 47.0 Å². The van der Waals surface area contributed by atoms with Gasteiger partial charge < -0.3 is 15.3 Å². The zero-order chi connectivity index (χ0) is 38.0. The van der Waals surface area contributed by atoms with Crippen molar-refractivity contribution in [2.45, 2.75) is 84.0 Å². The van der Waals surface area contributed by atoms with Crippen molar-refractivity contribution in [2.75, 3.05) is 6.54 Å². The van der Waals surface area contributed by atoms with Crippen LogP contribution in [0.1, 0.15) is 69.9 Å². The van der Waals surface area contributed by atoms with Crippen LogP contribution >= 0.6 is 0 Å². The van der Waals surface area contributed by atoms with Crippen LogP contribution in [-0.4, -0.2) is 94.2 Å². The predicted molar refractivity (Wildman–Crippen MR) is 176 cm³/mol. The molecule has 0 aliphatic carbocycles. The molecule has 2 atom stereocenters. The summed E-state index contributed by atoms with van der Waals surface area (Å²) >= 11 is 0. The molecule has 51 heavy (non-hydrogen) atoms. The Balaban J connectivity index is 1.86. The third-order valence-electron chi connectivity index (χ3n) is 9.01. The van der Waals surface area contributed by atoms with Crippen molar-refractivity contribution >= 4 is 47.1 Å². The van der Waals surface area contributed by atoms with Crippen molar-refractivity contribution < 1.29 is 53.9 Å². The number of hydrogen-bond acceptors (Lipinski definition) is 11. The molecule has 1 aliphatic heterocycles. The fourth-order valence-electron chi connectivity index (χ4n) is 6.08. The van der Waals surface area contributed by atoms with Crippen LogP contribution in [0.25, 0.3) is 0 Å². The summed E-state index contributed by atoms with van der Waals surface area (Å²) in [5.41, 5.74) is -0.730. The summed E-state index contributed by atoms with van der Waals surface area (Å²) in [4.78, 5) is 101. The third kappa shape index (κ3) is 9.27. The van der Waals surface area contributed by atoms with Crippen LogP contribution in [0.4, 0.5) is 16.2 Å². The van der Waals surface area contributed by atoms with E-state index < -0.39 is 75.9 Å². The molecule has 0 radical (unpaired) electrons.